The molecule has 0 amide bonds. The average Bonchev–Trinajstić information content (AvgIpc) is 2.45. The van der Waals surface area contributed by atoms with E-state index in [1.54, 1.807) is 6.92 Å². The van der Waals surface area contributed by atoms with Crippen LogP contribution in [0.4, 0.5) is 5.69 Å². The summed E-state index contributed by atoms with van der Waals surface area (Å²) in [5.74, 6) is -0.380. The van der Waals surface area contributed by atoms with E-state index in [-0.39, 0.29) is 12.0 Å². The number of carbonyl (C=O) groups is 1. The van der Waals surface area contributed by atoms with Gasteiger partial charge in [-0.15, -0.1) is 0 Å². The fraction of sp³-hybridized carbons (Fsp3) is 0.571. The fourth-order valence-corrected chi connectivity index (χ4v) is 2.33. The summed E-state index contributed by atoms with van der Waals surface area (Å²) < 4.78 is 10.4. The Morgan fingerprint density at radius 1 is 1.55 bits per heavy atom. The van der Waals surface area contributed by atoms with Crippen LogP contribution in [0, 0.1) is 6.92 Å². The smallest absolute Gasteiger partial charge is 0.341 e. The summed E-state index contributed by atoms with van der Waals surface area (Å²) in [6.45, 7) is 5.41. The van der Waals surface area contributed by atoms with Crippen LogP contribution in [0.1, 0.15) is 35.7 Å². The zero-order valence-electron chi connectivity index (χ0n) is 11.7. The molecular formula is C14H19ClN2O3. The first-order valence-electron chi connectivity index (χ1n) is 6.80. The molecule has 0 spiro atoms. The number of nitrogens with zero attached hydrogens (tertiary/aromatic N) is 1. The molecule has 1 fully saturated rings. The topological polar surface area (TPSA) is 60.5 Å². The lowest BCUT2D eigenvalue weighted by Crippen LogP contribution is -2.29. The molecule has 110 valence electrons. The van der Waals surface area contributed by atoms with E-state index in [0.29, 0.717) is 17.3 Å². The van der Waals surface area contributed by atoms with Gasteiger partial charge in [0.2, 0.25) is 0 Å². The van der Waals surface area contributed by atoms with Gasteiger partial charge in [-0.05, 0) is 26.7 Å². The summed E-state index contributed by atoms with van der Waals surface area (Å²) in [5, 5.41) is 3.79. The molecule has 1 aliphatic rings. The highest BCUT2D eigenvalue weighted by molar-refractivity contribution is 6.30. The van der Waals surface area contributed by atoms with Crippen LogP contribution in [0.5, 0.6) is 0 Å². The summed E-state index contributed by atoms with van der Waals surface area (Å²) in [5.41, 5.74) is 1.92. The van der Waals surface area contributed by atoms with Crippen LogP contribution in [0.25, 0.3) is 0 Å². The van der Waals surface area contributed by atoms with Gasteiger partial charge >= 0.3 is 5.97 Å². The number of esters is 1. The standard InChI is InChI=1S/C14H19ClN2O3/c1-3-20-14(18)11-8-16-13(15)9(2)12(11)17-10-4-6-19-7-5-10/h8,10H,3-7H2,1-2H3,(H,16,17). The molecule has 6 heteroatoms. The van der Waals surface area contributed by atoms with Gasteiger partial charge in [0, 0.05) is 31.0 Å². The first kappa shape index (κ1) is 15.1. The van der Waals surface area contributed by atoms with Gasteiger partial charge in [0.25, 0.3) is 0 Å². The molecule has 1 aromatic rings. The van der Waals surface area contributed by atoms with E-state index in [2.05, 4.69) is 10.3 Å². The first-order chi connectivity index (χ1) is 9.63. The van der Waals surface area contributed by atoms with Crippen molar-refractivity contribution in [3.63, 3.8) is 0 Å². The Hall–Kier alpha value is -1.33. The van der Waals surface area contributed by atoms with Crippen LogP contribution in [0.15, 0.2) is 6.20 Å². The number of anilines is 1. The van der Waals surface area contributed by atoms with Gasteiger partial charge in [-0.1, -0.05) is 11.6 Å². The van der Waals surface area contributed by atoms with Gasteiger partial charge in [-0.3, -0.25) is 0 Å². The quantitative estimate of drug-likeness (QED) is 0.684. The Morgan fingerprint density at radius 3 is 2.90 bits per heavy atom. The summed E-state index contributed by atoms with van der Waals surface area (Å²) in [4.78, 5) is 16.0. The molecule has 5 nitrogen and oxygen atoms in total. The molecule has 0 radical (unpaired) electrons. The van der Waals surface area contributed by atoms with Gasteiger partial charge in [-0.2, -0.15) is 0 Å². The minimum atomic E-state index is -0.380. The number of pyridine rings is 1. The van der Waals surface area contributed by atoms with E-state index < -0.39 is 0 Å². The summed E-state index contributed by atoms with van der Waals surface area (Å²) >= 11 is 6.06. The second-order valence-electron chi connectivity index (χ2n) is 4.71. The van der Waals surface area contributed by atoms with E-state index >= 15 is 0 Å². The molecule has 20 heavy (non-hydrogen) atoms. The highest BCUT2D eigenvalue weighted by Crippen LogP contribution is 2.28. The lowest BCUT2D eigenvalue weighted by atomic mass is 10.1. The normalized spacial score (nSPS) is 15.9. The summed E-state index contributed by atoms with van der Waals surface area (Å²) in [6, 6.07) is 0.272. The zero-order chi connectivity index (χ0) is 14.5. The maximum absolute atomic E-state index is 12.0. The lowest BCUT2D eigenvalue weighted by Gasteiger charge is -2.26. The minimum absolute atomic E-state index is 0.272. The number of ether oxygens (including phenoxy) is 2. The number of halogens is 1. The Balaban J connectivity index is 2.27. The van der Waals surface area contributed by atoms with Gasteiger partial charge in [0.15, 0.2) is 0 Å². The molecule has 0 bridgehead atoms. The number of hydrogen-bond donors (Lipinski definition) is 1. The van der Waals surface area contributed by atoms with Crippen LogP contribution in [0.3, 0.4) is 0 Å². The van der Waals surface area contributed by atoms with Gasteiger partial charge in [-0.25, -0.2) is 9.78 Å². The van der Waals surface area contributed by atoms with Gasteiger partial charge in [0.1, 0.15) is 10.7 Å². The molecule has 0 aromatic carbocycles. The summed E-state index contributed by atoms with van der Waals surface area (Å²) in [6.07, 6.45) is 3.28. The van der Waals surface area contributed by atoms with Gasteiger partial charge in [0.05, 0.1) is 12.3 Å². The average molecular weight is 299 g/mol. The van der Waals surface area contributed by atoms with Crippen molar-refractivity contribution in [3.8, 4) is 0 Å². The molecule has 1 N–H and O–H groups in total. The number of aromatic nitrogens is 1. The third-order valence-corrected chi connectivity index (χ3v) is 3.71. The highest BCUT2D eigenvalue weighted by atomic mass is 35.5. The van der Waals surface area contributed by atoms with Crippen molar-refractivity contribution in [2.75, 3.05) is 25.1 Å². The fourth-order valence-electron chi connectivity index (χ4n) is 2.18. The maximum atomic E-state index is 12.0. The number of rotatable bonds is 4. The Labute approximate surface area is 123 Å². The third kappa shape index (κ3) is 3.41. The molecule has 1 aromatic heterocycles. The molecule has 0 saturated carbocycles. The van der Waals surface area contributed by atoms with Crippen molar-refractivity contribution in [2.24, 2.45) is 0 Å². The lowest BCUT2D eigenvalue weighted by molar-refractivity contribution is 0.0526. The van der Waals surface area contributed by atoms with Crippen molar-refractivity contribution in [1.29, 1.82) is 0 Å². The molecule has 2 heterocycles. The van der Waals surface area contributed by atoms with Crippen molar-refractivity contribution in [2.45, 2.75) is 32.7 Å². The second-order valence-corrected chi connectivity index (χ2v) is 5.07. The van der Waals surface area contributed by atoms with E-state index in [0.717, 1.165) is 37.3 Å². The molecule has 0 aliphatic carbocycles. The Bertz CT molecular complexity index is 488. The van der Waals surface area contributed by atoms with E-state index in [4.69, 9.17) is 21.1 Å². The molecule has 0 atom stereocenters. The van der Waals surface area contributed by atoms with E-state index in [9.17, 15) is 4.79 Å². The third-order valence-electron chi connectivity index (χ3n) is 3.33. The largest absolute Gasteiger partial charge is 0.462 e. The molecular weight excluding hydrogens is 280 g/mol. The van der Waals surface area contributed by atoms with Crippen LogP contribution >= 0.6 is 11.6 Å². The first-order valence-corrected chi connectivity index (χ1v) is 7.17. The van der Waals surface area contributed by atoms with Crippen LogP contribution < -0.4 is 5.32 Å². The molecule has 2 rings (SSSR count). The predicted molar refractivity (Wildman–Crippen MR) is 77.4 cm³/mol. The minimum Gasteiger partial charge on any atom is -0.462 e. The predicted octanol–water partition coefficient (Wildman–Crippen LogP) is 2.81. The maximum Gasteiger partial charge on any atom is 0.341 e. The van der Waals surface area contributed by atoms with Crippen molar-refractivity contribution in [1.82, 2.24) is 4.98 Å². The number of hydrogen-bond acceptors (Lipinski definition) is 5. The highest BCUT2D eigenvalue weighted by Gasteiger charge is 2.21. The van der Waals surface area contributed by atoms with E-state index in [1.807, 2.05) is 6.92 Å². The summed E-state index contributed by atoms with van der Waals surface area (Å²) in [7, 11) is 0. The molecule has 1 aliphatic heterocycles. The van der Waals surface area contributed by atoms with Crippen molar-refractivity contribution < 1.29 is 14.3 Å². The monoisotopic (exact) mass is 298 g/mol. The van der Waals surface area contributed by atoms with Gasteiger partial charge < -0.3 is 14.8 Å². The van der Waals surface area contributed by atoms with Crippen molar-refractivity contribution >= 4 is 23.3 Å². The second kappa shape index (κ2) is 6.90. The van der Waals surface area contributed by atoms with Crippen molar-refractivity contribution in [3.05, 3.63) is 22.5 Å². The number of nitrogens with one attached hydrogen (secondary N) is 1. The van der Waals surface area contributed by atoms with Crippen LogP contribution in [-0.2, 0) is 9.47 Å². The Morgan fingerprint density at radius 2 is 2.25 bits per heavy atom. The SMILES string of the molecule is CCOC(=O)c1cnc(Cl)c(C)c1NC1CCOCC1. The molecule has 1 saturated heterocycles. The van der Waals surface area contributed by atoms with Crippen LogP contribution in [-0.4, -0.2) is 36.8 Å². The zero-order valence-corrected chi connectivity index (χ0v) is 12.5. The molecule has 0 unspecified atom stereocenters. The van der Waals surface area contributed by atoms with E-state index in [1.165, 1.54) is 6.20 Å². The van der Waals surface area contributed by atoms with Crippen LogP contribution in [0.2, 0.25) is 5.15 Å². The number of carbonyl (C=O) groups excluding carboxylic acids is 1. The Kier molecular flexibility index (Phi) is 5.20.